The van der Waals surface area contributed by atoms with E-state index in [9.17, 15) is 17.6 Å². The Morgan fingerprint density at radius 3 is 2.55 bits per heavy atom. The molecule has 0 saturated heterocycles. The molecule has 1 atom stereocenters. The molecular formula is C23H26FN3O3S. The molecule has 0 radical (unpaired) electrons. The highest BCUT2D eigenvalue weighted by Crippen LogP contribution is 2.37. The fraction of sp³-hybridized carbons (Fsp3) is 0.391. The fourth-order valence-corrected chi connectivity index (χ4v) is 4.94. The van der Waals surface area contributed by atoms with Gasteiger partial charge in [0.1, 0.15) is 5.82 Å². The molecule has 1 heterocycles. The van der Waals surface area contributed by atoms with Gasteiger partial charge in [-0.1, -0.05) is 49.6 Å². The van der Waals surface area contributed by atoms with Gasteiger partial charge in [0.25, 0.3) is 0 Å². The monoisotopic (exact) mass is 443 g/mol. The van der Waals surface area contributed by atoms with Gasteiger partial charge < -0.3 is 0 Å². The van der Waals surface area contributed by atoms with Crippen molar-refractivity contribution in [2.24, 2.45) is 11.0 Å². The van der Waals surface area contributed by atoms with Crippen LogP contribution < -0.4 is 4.72 Å². The Kier molecular flexibility index (Phi) is 6.09. The lowest BCUT2D eigenvalue weighted by Crippen LogP contribution is -2.34. The summed E-state index contributed by atoms with van der Waals surface area (Å²) in [4.78, 5) is 13.3. The first-order valence-electron chi connectivity index (χ1n) is 10.5. The number of hydrazone groups is 1. The number of sulfonamides is 1. The van der Waals surface area contributed by atoms with E-state index in [0.717, 1.165) is 38.4 Å². The number of halogens is 1. The van der Waals surface area contributed by atoms with Crippen LogP contribution in [0.15, 0.2) is 53.6 Å². The summed E-state index contributed by atoms with van der Waals surface area (Å²) in [7, 11) is -3.42. The molecule has 2 aromatic rings. The van der Waals surface area contributed by atoms with E-state index in [1.807, 2.05) is 6.07 Å². The zero-order chi connectivity index (χ0) is 22.0. The van der Waals surface area contributed by atoms with Gasteiger partial charge >= 0.3 is 0 Å². The lowest BCUT2D eigenvalue weighted by atomic mass is 9.88. The van der Waals surface area contributed by atoms with Gasteiger partial charge in [0.2, 0.25) is 15.9 Å². The van der Waals surface area contributed by atoms with Crippen LogP contribution in [-0.2, 0) is 14.8 Å². The second-order valence-electron chi connectivity index (χ2n) is 8.26. The Balaban J connectivity index is 1.68. The molecule has 0 aromatic heterocycles. The van der Waals surface area contributed by atoms with E-state index in [2.05, 4.69) is 9.82 Å². The molecule has 0 spiro atoms. The maximum atomic E-state index is 14.6. The molecule has 164 valence electrons. The predicted molar refractivity (Wildman–Crippen MR) is 119 cm³/mol. The number of rotatable bonds is 5. The highest BCUT2D eigenvalue weighted by molar-refractivity contribution is 7.92. The van der Waals surface area contributed by atoms with Gasteiger partial charge in [-0.15, -0.1) is 0 Å². The van der Waals surface area contributed by atoms with Crippen LogP contribution in [0.2, 0.25) is 0 Å². The minimum atomic E-state index is -3.42. The summed E-state index contributed by atoms with van der Waals surface area (Å²) in [5.41, 5.74) is 2.20. The SMILES string of the molecule is CS(=O)(=O)Nc1cccc(C2=NN(C(=O)C3CCCCC3)[C@@H](c3ccccc3F)C2)c1. The van der Waals surface area contributed by atoms with Crippen LogP contribution in [0.1, 0.15) is 55.7 Å². The first kappa shape index (κ1) is 21.5. The van der Waals surface area contributed by atoms with Crippen molar-refractivity contribution in [1.82, 2.24) is 5.01 Å². The third-order valence-electron chi connectivity index (χ3n) is 5.85. The molecule has 6 nitrogen and oxygen atoms in total. The summed E-state index contributed by atoms with van der Waals surface area (Å²) in [6, 6.07) is 12.9. The largest absolute Gasteiger partial charge is 0.284 e. The van der Waals surface area contributed by atoms with E-state index in [-0.39, 0.29) is 17.6 Å². The van der Waals surface area contributed by atoms with Gasteiger partial charge in [-0.3, -0.25) is 9.52 Å². The lowest BCUT2D eigenvalue weighted by Gasteiger charge is -2.28. The van der Waals surface area contributed by atoms with Crippen molar-refractivity contribution < 1.29 is 17.6 Å². The fourth-order valence-electron chi connectivity index (χ4n) is 4.39. The predicted octanol–water partition coefficient (Wildman–Crippen LogP) is 4.46. The van der Waals surface area contributed by atoms with Gasteiger partial charge in [0.05, 0.1) is 18.0 Å². The maximum Gasteiger partial charge on any atom is 0.246 e. The van der Waals surface area contributed by atoms with Crippen molar-refractivity contribution in [3.63, 3.8) is 0 Å². The molecule has 1 fully saturated rings. The third kappa shape index (κ3) is 4.95. The van der Waals surface area contributed by atoms with Crippen LogP contribution in [0.25, 0.3) is 0 Å². The quantitative estimate of drug-likeness (QED) is 0.741. The molecule has 1 aliphatic carbocycles. The molecule has 2 aromatic carbocycles. The van der Waals surface area contributed by atoms with Crippen molar-refractivity contribution in [2.75, 3.05) is 11.0 Å². The van der Waals surface area contributed by atoms with Gasteiger partial charge in [-0.2, -0.15) is 5.10 Å². The zero-order valence-electron chi connectivity index (χ0n) is 17.4. The Morgan fingerprint density at radius 1 is 1.10 bits per heavy atom. The van der Waals surface area contributed by atoms with Gasteiger partial charge in [-0.25, -0.2) is 17.8 Å². The van der Waals surface area contributed by atoms with Crippen molar-refractivity contribution >= 4 is 27.3 Å². The van der Waals surface area contributed by atoms with Crippen molar-refractivity contribution in [1.29, 1.82) is 0 Å². The molecule has 1 amide bonds. The minimum Gasteiger partial charge on any atom is -0.284 e. The van der Waals surface area contributed by atoms with Gasteiger partial charge in [0, 0.05) is 23.6 Å². The van der Waals surface area contributed by atoms with Crippen molar-refractivity contribution in [2.45, 2.75) is 44.6 Å². The molecule has 0 unspecified atom stereocenters. The first-order valence-corrected chi connectivity index (χ1v) is 12.4. The molecule has 0 bridgehead atoms. The number of carbonyl (C=O) groups excluding carboxylic acids is 1. The number of nitrogens with zero attached hydrogens (tertiary/aromatic N) is 2. The summed E-state index contributed by atoms with van der Waals surface area (Å²) >= 11 is 0. The highest BCUT2D eigenvalue weighted by Gasteiger charge is 2.37. The number of amides is 1. The first-order chi connectivity index (χ1) is 14.8. The molecule has 1 saturated carbocycles. The molecule has 31 heavy (non-hydrogen) atoms. The second kappa shape index (κ2) is 8.78. The lowest BCUT2D eigenvalue weighted by molar-refractivity contribution is -0.138. The van der Waals surface area contributed by atoms with Crippen LogP contribution in [-0.4, -0.2) is 31.3 Å². The Labute approximate surface area is 182 Å². The van der Waals surface area contributed by atoms with Crippen LogP contribution in [0.3, 0.4) is 0 Å². The van der Waals surface area contributed by atoms with E-state index >= 15 is 0 Å². The Hall–Kier alpha value is -2.74. The van der Waals surface area contributed by atoms with Gasteiger partial charge in [-0.05, 0) is 36.6 Å². The van der Waals surface area contributed by atoms with E-state index < -0.39 is 16.1 Å². The van der Waals surface area contributed by atoms with E-state index in [1.165, 1.54) is 11.1 Å². The third-order valence-corrected chi connectivity index (χ3v) is 6.46. The Bertz CT molecular complexity index is 1110. The number of nitrogens with one attached hydrogen (secondary N) is 1. The number of anilines is 1. The molecular weight excluding hydrogens is 417 g/mol. The standard InChI is InChI=1S/C23H26FN3O3S/c1-31(29,30)26-18-11-7-10-17(14-18)21-15-22(19-12-5-6-13-20(19)24)27(25-21)23(28)16-8-3-2-4-9-16/h5-7,10-14,16,22,26H,2-4,8-9,15H2,1H3/t22-/m1/s1. The Morgan fingerprint density at radius 2 is 1.84 bits per heavy atom. The number of hydrogen-bond acceptors (Lipinski definition) is 4. The number of carbonyl (C=O) groups is 1. The summed E-state index contributed by atoms with van der Waals surface area (Å²) in [6.45, 7) is 0. The van der Waals surface area contributed by atoms with Crippen LogP contribution in [0.5, 0.6) is 0 Å². The average molecular weight is 444 g/mol. The normalized spacial score (nSPS) is 19.9. The molecule has 1 aliphatic heterocycles. The van der Waals surface area contributed by atoms with Crippen molar-refractivity contribution in [3.05, 3.63) is 65.5 Å². The number of benzene rings is 2. The molecule has 1 N–H and O–H groups in total. The maximum absolute atomic E-state index is 14.6. The van der Waals surface area contributed by atoms with E-state index in [4.69, 9.17) is 0 Å². The smallest absolute Gasteiger partial charge is 0.246 e. The minimum absolute atomic E-state index is 0.0617. The summed E-state index contributed by atoms with van der Waals surface area (Å²) in [6.07, 6.45) is 6.28. The average Bonchev–Trinajstić information content (AvgIpc) is 3.18. The topological polar surface area (TPSA) is 78.8 Å². The molecule has 8 heteroatoms. The highest BCUT2D eigenvalue weighted by atomic mass is 32.2. The van der Waals surface area contributed by atoms with Crippen LogP contribution in [0.4, 0.5) is 10.1 Å². The number of hydrogen-bond donors (Lipinski definition) is 1. The second-order valence-corrected chi connectivity index (χ2v) is 10.0. The zero-order valence-corrected chi connectivity index (χ0v) is 18.2. The van der Waals surface area contributed by atoms with Crippen molar-refractivity contribution in [3.8, 4) is 0 Å². The van der Waals surface area contributed by atoms with E-state index in [1.54, 1.807) is 36.4 Å². The van der Waals surface area contributed by atoms with Gasteiger partial charge in [0.15, 0.2) is 0 Å². The van der Waals surface area contributed by atoms with Crippen LogP contribution >= 0.6 is 0 Å². The summed E-state index contributed by atoms with van der Waals surface area (Å²) < 4.78 is 40.3. The molecule has 4 rings (SSSR count). The summed E-state index contributed by atoms with van der Waals surface area (Å²) in [5, 5.41) is 6.09. The van der Waals surface area contributed by atoms with Crippen LogP contribution in [0, 0.1) is 11.7 Å². The molecule has 2 aliphatic rings. The summed E-state index contributed by atoms with van der Waals surface area (Å²) in [5.74, 6) is -0.518. The van der Waals surface area contributed by atoms with E-state index in [0.29, 0.717) is 28.9 Å².